The zero-order valence-corrected chi connectivity index (χ0v) is 38.3. The molecule has 12 aromatic rings. The van der Waals surface area contributed by atoms with Gasteiger partial charge in [-0.3, -0.25) is 14.8 Å². The van der Waals surface area contributed by atoms with Crippen LogP contribution in [0.4, 0.5) is 0 Å². The summed E-state index contributed by atoms with van der Waals surface area (Å²) >= 11 is 0. The summed E-state index contributed by atoms with van der Waals surface area (Å²) in [5, 5.41) is 14.1. The summed E-state index contributed by atoms with van der Waals surface area (Å²) in [5.74, 6) is -0.107. The van der Waals surface area contributed by atoms with Gasteiger partial charge in [0.1, 0.15) is 22.3 Å². The van der Waals surface area contributed by atoms with E-state index in [0.717, 1.165) is 128 Å². The molecule has 0 aliphatic carbocycles. The largest absolute Gasteiger partial charge is 0.512 e. The Kier molecular flexibility index (Phi) is 10.8. The van der Waals surface area contributed by atoms with Crippen LogP contribution in [0.2, 0.25) is 0 Å². The van der Waals surface area contributed by atoms with Crippen LogP contribution in [-0.2, 0) is 11.2 Å². The van der Waals surface area contributed by atoms with Crippen molar-refractivity contribution in [2.75, 3.05) is 0 Å². The predicted molar refractivity (Wildman–Crippen MR) is 284 cm³/mol. The first-order valence-electron chi connectivity index (χ1n) is 23.5. The number of aliphatic hydroxyl groups excluding tert-OH is 1. The summed E-state index contributed by atoms with van der Waals surface area (Å²) < 4.78 is 12.8. The molecular formula is C64H44N2O4. The van der Waals surface area contributed by atoms with Gasteiger partial charge in [-0.1, -0.05) is 146 Å². The lowest BCUT2D eigenvalue weighted by Crippen LogP contribution is -1.99. The molecule has 1 N–H and O–H groups in total. The van der Waals surface area contributed by atoms with E-state index in [1.54, 1.807) is 0 Å². The number of rotatable bonds is 11. The average molecular weight is 905 g/mol. The van der Waals surface area contributed by atoms with Crippen LogP contribution in [-0.4, -0.2) is 20.9 Å². The Hall–Kier alpha value is -9.13. The van der Waals surface area contributed by atoms with E-state index in [-0.39, 0.29) is 18.0 Å². The molecule has 4 aromatic heterocycles. The topological polar surface area (TPSA) is 89.4 Å². The van der Waals surface area contributed by atoms with Gasteiger partial charge >= 0.3 is 0 Å². The van der Waals surface area contributed by atoms with E-state index in [1.165, 1.54) is 13.0 Å². The molecule has 0 unspecified atom stereocenters. The fraction of sp³-hybridized carbons (Fsp3) is 0.0469. The molecule has 70 heavy (non-hydrogen) atoms. The van der Waals surface area contributed by atoms with Crippen molar-refractivity contribution in [1.29, 1.82) is 0 Å². The Balaban J connectivity index is 0.961. The molecule has 0 aliphatic rings. The molecular weight excluding hydrogens is 861 g/mol. The van der Waals surface area contributed by atoms with Crippen molar-refractivity contribution in [2.45, 2.75) is 19.8 Å². The number of hydrogen-bond donors (Lipinski definition) is 1. The number of benzene rings is 8. The third-order valence-electron chi connectivity index (χ3n) is 13.3. The highest BCUT2D eigenvalue weighted by molar-refractivity contribution is 6.10. The van der Waals surface area contributed by atoms with Crippen LogP contribution in [0.1, 0.15) is 18.9 Å². The summed E-state index contributed by atoms with van der Waals surface area (Å²) in [6.07, 6.45) is 6.00. The second-order valence-electron chi connectivity index (χ2n) is 17.7. The van der Waals surface area contributed by atoms with Gasteiger partial charge in [-0.25, -0.2) is 0 Å². The molecule has 6 heteroatoms. The Morgan fingerprint density at radius 1 is 0.443 bits per heavy atom. The number of para-hydroxylation sites is 4. The molecule has 12 rings (SSSR count). The van der Waals surface area contributed by atoms with Gasteiger partial charge in [0.25, 0.3) is 0 Å². The van der Waals surface area contributed by atoms with Crippen LogP contribution in [0.3, 0.4) is 0 Å². The summed E-state index contributed by atoms with van der Waals surface area (Å²) in [4.78, 5) is 22.9. The van der Waals surface area contributed by atoms with Crippen molar-refractivity contribution in [3.63, 3.8) is 0 Å². The van der Waals surface area contributed by atoms with Crippen LogP contribution in [0.15, 0.2) is 233 Å². The number of carbonyl (C=O) groups is 1. The van der Waals surface area contributed by atoms with Gasteiger partial charge in [-0.15, -0.1) is 0 Å². The lowest BCUT2D eigenvalue weighted by Gasteiger charge is -2.18. The van der Waals surface area contributed by atoms with Crippen molar-refractivity contribution in [3.05, 3.63) is 230 Å². The number of aromatic nitrogens is 2. The van der Waals surface area contributed by atoms with E-state index < -0.39 is 0 Å². The van der Waals surface area contributed by atoms with Crippen molar-refractivity contribution in [1.82, 2.24) is 9.97 Å². The minimum Gasteiger partial charge on any atom is -0.512 e. The van der Waals surface area contributed by atoms with Gasteiger partial charge in [0, 0.05) is 68.7 Å². The van der Waals surface area contributed by atoms with E-state index in [9.17, 15) is 9.90 Å². The van der Waals surface area contributed by atoms with Crippen molar-refractivity contribution in [3.8, 4) is 78.1 Å². The zero-order chi connectivity index (χ0) is 47.1. The molecule has 0 saturated heterocycles. The number of fused-ring (bicyclic) bond motifs is 6. The van der Waals surface area contributed by atoms with Crippen molar-refractivity contribution in [2.24, 2.45) is 0 Å². The van der Waals surface area contributed by atoms with Gasteiger partial charge in [0.2, 0.25) is 0 Å². The Morgan fingerprint density at radius 2 is 0.843 bits per heavy atom. The first kappa shape index (κ1) is 42.2. The molecule has 0 bridgehead atoms. The molecule has 0 radical (unpaired) electrons. The molecule has 8 aromatic carbocycles. The molecule has 0 atom stereocenters. The quantitative estimate of drug-likeness (QED) is 0.103. The van der Waals surface area contributed by atoms with E-state index in [2.05, 4.69) is 152 Å². The molecule has 0 amide bonds. The lowest BCUT2D eigenvalue weighted by atomic mass is 9.86. The van der Waals surface area contributed by atoms with E-state index in [0.29, 0.717) is 6.42 Å². The van der Waals surface area contributed by atoms with Gasteiger partial charge in [0.15, 0.2) is 5.78 Å². The van der Waals surface area contributed by atoms with Crippen LogP contribution in [0.25, 0.3) is 122 Å². The van der Waals surface area contributed by atoms with Crippen LogP contribution >= 0.6 is 0 Å². The van der Waals surface area contributed by atoms with Gasteiger partial charge in [-0.2, -0.15) is 0 Å². The van der Waals surface area contributed by atoms with Gasteiger partial charge in [-0.05, 0) is 118 Å². The molecule has 4 heterocycles. The second-order valence-corrected chi connectivity index (χ2v) is 17.7. The third kappa shape index (κ3) is 7.81. The smallest absolute Gasteiger partial charge is 0.159 e. The van der Waals surface area contributed by atoms with Gasteiger partial charge in [0.05, 0.1) is 17.1 Å². The number of carbonyl (C=O) groups excluding carboxylic acids is 1. The molecule has 6 nitrogen and oxygen atoms in total. The van der Waals surface area contributed by atoms with E-state index in [1.807, 2.05) is 60.9 Å². The predicted octanol–water partition coefficient (Wildman–Crippen LogP) is 16.9. The number of nitrogens with zero attached hydrogens (tertiary/aromatic N) is 2. The number of allylic oxidation sites excluding steroid dienone is 2. The van der Waals surface area contributed by atoms with Crippen LogP contribution < -0.4 is 0 Å². The Labute approximate surface area is 404 Å². The van der Waals surface area contributed by atoms with Crippen LogP contribution in [0.5, 0.6) is 0 Å². The molecule has 334 valence electrons. The maximum atomic E-state index is 12.8. The summed E-state index contributed by atoms with van der Waals surface area (Å²) in [5.41, 5.74) is 18.3. The molecule has 0 spiro atoms. The lowest BCUT2D eigenvalue weighted by molar-refractivity contribution is -0.114. The van der Waals surface area contributed by atoms with Gasteiger partial charge < -0.3 is 13.9 Å². The highest BCUT2D eigenvalue weighted by Gasteiger charge is 2.19. The molecule has 0 fully saturated rings. The fourth-order valence-electron chi connectivity index (χ4n) is 9.97. The van der Waals surface area contributed by atoms with E-state index in [4.69, 9.17) is 18.8 Å². The highest BCUT2D eigenvalue weighted by atomic mass is 16.3. The fourth-order valence-corrected chi connectivity index (χ4v) is 9.97. The first-order valence-corrected chi connectivity index (χ1v) is 23.5. The molecule has 0 saturated carbocycles. The summed E-state index contributed by atoms with van der Waals surface area (Å²) in [7, 11) is 0. The minimum atomic E-state index is -0.116. The third-order valence-corrected chi connectivity index (χ3v) is 13.3. The van der Waals surface area contributed by atoms with Crippen LogP contribution in [0, 0.1) is 0 Å². The van der Waals surface area contributed by atoms with E-state index >= 15 is 0 Å². The maximum absolute atomic E-state index is 12.8. The highest BCUT2D eigenvalue weighted by Crippen LogP contribution is 2.43. The average Bonchev–Trinajstić information content (AvgIpc) is 3.99. The summed E-state index contributed by atoms with van der Waals surface area (Å²) in [6, 6.07) is 69.2. The number of pyridine rings is 2. The number of furan rings is 2. The monoisotopic (exact) mass is 904 g/mol. The Morgan fingerprint density at radius 3 is 1.31 bits per heavy atom. The minimum absolute atomic E-state index is 0.00905. The normalized spacial score (nSPS) is 11.8. The second kappa shape index (κ2) is 17.8. The Bertz CT molecular complexity index is 3770. The molecule has 0 aliphatic heterocycles. The van der Waals surface area contributed by atoms with Crippen molar-refractivity contribution >= 4 is 49.7 Å². The van der Waals surface area contributed by atoms with Crippen molar-refractivity contribution < 1.29 is 18.7 Å². The standard InChI is InChI=1S/C64H44N2O4/c1-40(67)34-47(68)31-28-41-14-2-3-15-48(41)44-35-45(51-18-6-4-16-49(51)42-29-32-59(65-38-42)57-24-12-22-55-53-20-8-10-26-61(53)69-63(55)57)37-46(36-44)52-19-7-5-17-50(52)43-30-33-60(66-39-43)58-25-13-23-56-54-21-9-11-27-62(54)70-64(56)58/h2-27,29-30,32-39,67H,28,31H2,1H3/b40-34-. The SMILES string of the molecule is C/C(O)=C/C(=O)CCc1ccccc1-c1cc(-c2ccccc2-c2ccc(-c3cccc4c3oc3ccccc34)nc2)cc(-c2ccccc2-c2ccc(-c3cccc4c3oc3ccccc34)nc2)c1. The maximum Gasteiger partial charge on any atom is 0.159 e. The number of aryl methyl sites for hydroxylation is 1. The number of hydrogen-bond acceptors (Lipinski definition) is 6. The summed E-state index contributed by atoms with van der Waals surface area (Å²) in [6.45, 7) is 1.52. The number of aliphatic hydroxyl groups is 1. The first-order chi connectivity index (χ1) is 34.4. The number of ketones is 1. The zero-order valence-electron chi connectivity index (χ0n) is 38.3.